The second-order valence-corrected chi connectivity index (χ2v) is 15.6. The van der Waals surface area contributed by atoms with Crippen LogP contribution in [-0.4, -0.2) is 26.9 Å². The van der Waals surface area contributed by atoms with Crippen LogP contribution >= 0.6 is 0 Å². The normalized spacial score (nSPS) is 17.6. The molecular weight excluding hydrogens is 386 g/mol. The third-order valence-corrected chi connectivity index (χ3v) is 9.71. The van der Waals surface area contributed by atoms with Crippen molar-refractivity contribution in [2.45, 2.75) is 153 Å². The van der Waals surface area contributed by atoms with E-state index >= 15 is 0 Å². The Morgan fingerprint density at radius 2 is 1.03 bits per heavy atom. The molecule has 4 radical (unpaired) electrons. The van der Waals surface area contributed by atoms with Gasteiger partial charge in [0.05, 0.1) is 26.9 Å². The van der Waals surface area contributed by atoms with Crippen molar-refractivity contribution >= 4 is 15.7 Å². The van der Waals surface area contributed by atoms with E-state index in [1.807, 2.05) is 0 Å². The smallest absolute Gasteiger partial charge is 0.0700 e. The summed E-state index contributed by atoms with van der Waals surface area (Å²) >= 11 is 0. The first kappa shape index (κ1) is 32.1. The second kappa shape index (κ2) is 9.62. The van der Waals surface area contributed by atoms with Crippen molar-refractivity contribution in [1.82, 2.24) is 0 Å². The maximum Gasteiger partial charge on any atom is 0.0700 e. The van der Waals surface area contributed by atoms with Crippen molar-refractivity contribution in [3.05, 3.63) is 0 Å². The number of rotatable bonds is 11. The van der Waals surface area contributed by atoms with Gasteiger partial charge in [-0.05, 0) is 67.1 Å². The molecule has 0 saturated carbocycles. The van der Waals surface area contributed by atoms with Crippen molar-refractivity contribution in [1.29, 1.82) is 0 Å². The van der Waals surface area contributed by atoms with Gasteiger partial charge in [0.2, 0.25) is 0 Å². The van der Waals surface area contributed by atoms with Gasteiger partial charge in [-0.15, -0.1) is 0 Å². The average Bonchev–Trinajstić information content (AvgIpc) is 2.49. The third-order valence-electron chi connectivity index (χ3n) is 9.71. The zero-order valence-corrected chi connectivity index (χ0v) is 25.2. The zero-order chi connectivity index (χ0) is 26.4. The first-order valence-electron chi connectivity index (χ1n) is 12.9. The first-order chi connectivity index (χ1) is 13.6. The molecule has 0 aliphatic rings. The van der Waals surface area contributed by atoms with Crippen LogP contribution in [0, 0.1) is 33.0 Å². The molecule has 3 heteroatoms. The molecule has 0 rings (SSSR count). The van der Waals surface area contributed by atoms with Gasteiger partial charge in [-0.25, -0.2) is 0 Å². The monoisotopic (exact) mass is 444 g/mol. The van der Waals surface area contributed by atoms with E-state index in [1.165, 1.54) is 0 Å². The van der Waals surface area contributed by atoms with Crippen molar-refractivity contribution < 1.29 is 4.74 Å². The summed E-state index contributed by atoms with van der Waals surface area (Å²) in [6.45, 7) is 38.8. The predicted molar refractivity (Wildman–Crippen MR) is 147 cm³/mol. The molecule has 0 N–H and O–H groups in total. The predicted octanol–water partition coefficient (Wildman–Crippen LogP) is 9.06. The Morgan fingerprint density at radius 1 is 0.625 bits per heavy atom. The summed E-state index contributed by atoms with van der Waals surface area (Å²) in [6, 6.07) is 0. The molecule has 2 unspecified atom stereocenters. The lowest BCUT2D eigenvalue weighted by Gasteiger charge is -2.59. The van der Waals surface area contributed by atoms with Crippen LogP contribution in [0.4, 0.5) is 0 Å². The van der Waals surface area contributed by atoms with Crippen LogP contribution in [0.25, 0.3) is 0 Å². The summed E-state index contributed by atoms with van der Waals surface area (Å²) < 4.78 is 7.00. The second-order valence-electron chi connectivity index (χ2n) is 15.6. The van der Waals surface area contributed by atoms with E-state index in [9.17, 15) is 0 Å². The summed E-state index contributed by atoms with van der Waals surface area (Å²) in [5, 5.41) is 0. The van der Waals surface area contributed by atoms with Crippen molar-refractivity contribution in [2.75, 3.05) is 0 Å². The van der Waals surface area contributed by atoms with Crippen LogP contribution in [0.1, 0.15) is 131 Å². The summed E-state index contributed by atoms with van der Waals surface area (Å²) in [4.78, 5) is 0. The highest BCUT2D eigenvalue weighted by Crippen LogP contribution is 2.59. The van der Waals surface area contributed by atoms with Gasteiger partial charge in [0.25, 0.3) is 0 Å². The third kappa shape index (κ3) is 7.05. The van der Waals surface area contributed by atoms with Gasteiger partial charge in [0, 0.05) is 0 Å². The molecule has 0 aromatic rings. The van der Waals surface area contributed by atoms with Crippen LogP contribution < -0.4 is 0 Å². The quantitative estimate of drug-likeness (QED) is 0.289. The standard InChI is InChI=1S/C29H58B2O/c1-20(2)25(8,9)28(14,15)32-29(16,17)27(12,13)26(10,11)22(31)21(30)18-24(6,7)19-23(3,4)5/h20-22H,18-19H2,1-17H3. The first-order valence-corrected chi connectivity index (χ1v) is 12.9. The lowest BCUT2D eigenvalue weighted by atomic mass is 9.44. The van der Waals surface area contributed by atoms with Crippen molar-refractivity contribution in [2.24, 2.45) is 33.0 Å². The molecule has 0 spiro atoms. The molecule has 0 aliphatic carbocycles. The Bertz CT molecular complexity index is 603. The zero-order valence-electron chi connectivity index (χ0n) is 25.2. The highest BCUT2D eigenvalue weighted by atomic mass is 16.5. The van der Waals surface area contributed by atoms with Gasteiger partial charge >= 0.3 is 0 Å². The molecule has 0 aliphatic heterocycles. The highest BCUT2D eigenvalue weighted by Gasteiger charge is 2.55. The molecule has 0 fully saturated rings. The van der Waals surface area contributed by atoms with Gasteiger partial charge < -0.3 is 4.74 Å². The summed E-state index contributed by atoms with van der Waals surface area (Å²) in [5.41, 5.74) is -0.692. The van der Waals surface area contributed by atoms with E-state index in [4.69, 9.17) is 20.4 Å². The topological polar surface area (TPSA) is 9.23 Å². The van der Waals surface area contributed by atoms with Crippen LogP contribution in [0.5, 0.6) is 0 Å². The fraction of sp³-hybridized carbons (Fsp3) is 1.00. The van der Waals surface area contributed by atoms with Gasteiger partial charge in [-0.2, -0.15) is 0 Å². The molecule has 186 valence electrons. The van der Waals surface area contributed by atoms with E-state index in [1.54, 1.807) is 0 Å². The molecule has 0 heterocycles. The summed E-state index contributed by atoms with van der Waals surface area (Å²) in [7, 11) is 13.8. The minimum atomic E-state index is -0.398. The van der Waals surface area contributed by atoms with Gasteiger partial charge in [0.1, 0.15) is 0 Å². The maximum atomic E-state index is 7.00. The van der Waals surface area contributed by atoms with E-state index in [-0.39, 0.29) is 44.3 Å². The van der Waals surface area contributed by atoms with Gasteiger partial charge in [0.15, 0.2) is 0 Å². The Hall–Kier alpha value is 0.0899. The van der Waals surface area contributed by atoms with Crippen molar-refractivity contribution in [3.63, 3.8) is 0 Å². The van der Waals surface area contributed by atoms with E-state index < -0.39 is 5.60 Å². The average molecular weight is 444 g/mol. The summed E-state index contributed by atoms with van der Waals surface area (Å²) in [5.74, 6) is 0.295. The van der Waals surface area contributed by atoms with Crippen molar-refractivity contribution in [3.8, 4) is 0 Å². The largest absolute Gasteiger partial charge is 0.369 e. The van der Waals surface area contributed by atoms with E-state index in [0.717, 1.165) is 12.8 Å². The van der Waals surface area contributed by atoms with E-state index in [2.05, 4.69) is 118 Å². The SMILES string of the molecule is [B]C(CC(C)(C)CC(C)(C)C)C([B])C(C)(C)C(C)(C)C(C)(C)OC(C)(C)C(C)(C)C(C)C. The Morgan fingerprint density at radius 3 is 1.38 bits per heavy atom. The van der Waals surface area contributed by atoms with Gasteiger partial charge in [-0.1, -0.05) is 108 Å². The molecule has 32 heavy (non-hydrogen) atoms. The van der Waals surface area contributed by atoms with E-state index in [0.29, 0.717) is 5.92 Å². The fourth-order valence-electron chi connectivity index (χ4n) is 5.59. The molecule has 0 aromatic heterocycles. The van der Waals surface area contributed by atoms with Gasteiger partial charge in [-0.3, -0.25) is 0 Å². The number of ether oxygens (including phenoxy) is 1. The van der Waals surface area contributed by atoms with Crippen LogP contribution in [0.15, 0.2) is 0 Å². The Balaban J connectivity index is 5.87. The minimum Gasteiger partial charge on any atom is -0.369 e. The summed E-state index contributed by atoms with van der Waals surface area (Å²) in [6.07, 6.45) is 2.04. The fourth-order valence-corrected chi connectivity index (χ4v) is 5.59. The van der Waals surface area contributed by atoms with Crippen LogP contribution in [0.2, 0.25) is 11.6 Å². The number of hydrogen-bond donors (Lipinski definition) is 0. The maximum absolute atomic E-state index is 7.00. The highest BCUT2D eigenvalue weighted by molar-refractivity contribution is 6.21. The molecular formula is C29H58B2O. The minimum absolute atomic E-state index is 0.0278. The lowest BCUT2D eigenvalue weighted by Crippen LogP contribution is -2.58. The molecule has 0 amide bonds. The van der Waals surface area contributed by atoms with Crippen LogP contribution in [0.3, 0.4) is 0 Å². The molecule has 1 nitrogen and oxygen atoms in total. The lowest BCUT2D eigenvalue weighted by molar-refractivity contribution is -0.241. The Kier molecular flexibility index (Phi) is 9.65. The number of hydrogen-bond acceptors (Lipinski definition) is 1. The molecule has 0 bridgehead atoms. The Labute approximate surface area is 206 Å². The molecule has 0 aromatic carbocycles. The molecule has 0 saturated heterocycles. The van der Waals surface area contributed by atoms with Crippen LogP contribution in [-0.2, 0) is 4.74 Å². The molecule has 2 atom stereocenters.